The summed E-state index contributed by atoms with van der Waals surface area (Å²) >= 11 is 0. The van der Waals surface area contributed by atoms with Crippen LogP contribution >= 0.6 is 0 Å². The average molecular weight is 252 g/mol. The number of aromatic carboxylic acids is 1. The summed E-state index contributed by atoms with van der Waals surface area (Å²) in [4.78, 5) is 15.6. The van der Waals surface area contributed by atoms with E-state index in [4.69, 9.17) is 9.52 Å². The topological polar surface area (TPSA) is 56.9 Å². The summed E-state index contributed by atoms with van der Waals surface area (Å²) in [6, 6.07) is 1.64. The first-order valence-corrected chi connectivity index (χ1v) is 6.37. The fourth-order valence-corrected chi connectivity index (χ4v) is 2.29. The van der Waals surface area contributed by atoms with Gasteiger partial charge in [-0.2, -0.15) is 0 Å². The minimum Gasteiger partial charge on any atom is -0.475 e. The summed E-state index contributed by atoms with van der Waals surface area (Å²) in [5.74, 6) is -0.250. The Hall–Kier alpha value is -1.33. The van der Waals surface area contributed by atoms with Gasteiger partial charge < -0.3 is 14.4 Å². The molecule has 0 radical (unpaired) electrons. The molecule has 0 aliphatic carbocycles. The van der Waals surface area contributed by atoms with Gasteiger partial charge in [0.1, 0.15) is 5.76 Å². The zero-order valence-electron chi connectivity index (χ0n) is 11.0. The fraction of sp³-hybridized carbons (Fsp3) is 0.615. The number of piperazine rings is 1. The van der Waals surface area contributed by atoms with Gasteiger partial charge in [0.15, 0.2) is 0 Å². The summed E-state index contributed by atoms with van der Waals surface area (Å²) in [6.45, 7) is 10.1. The normalized spacial score (nSPS) is 18.1. The molecule has 0 unspecified atom stereocenters. The van der Waals surface area contributed by atoms with E-state index in [0.717, 1.165) is 44.8 Å². The van der Waals surface area contributed by atoms with Gasteiger partial charge in [0.2, 0.25) is 5.76 Å². The van der Waals surface area contributed by atoms with Crippen molar-refractivity contribution in [3.63, 3.8) is 0 Å². The van der Waals surface area contributed by atoms with Crippen LogP contribution in [-0.2, 0) is 6.54 Å². The molecule has 0 bridgehead atoms. The summed E-state index contributed by atoms with van der Waals surface area (Å²) in [5.41, 5.74) is 0.984. The van der Waals surface area contributed by atoms with Crippen LogP contribution in [0.1, 0.15) is 28.8 Å². The highest BCUT2D eigenvalue weighted by Gasteiger charge is 2.19. The van der Waals surface area contributed by atoms with E-state index in [0.29, 0.717) is 5.76 Å². The van der Waals surface area contributed by atoms with E-state index in [-0.39, 0.29) is 5.76 Å². The molecule has 1 fully saturated rings. The van der Waals surface area contributed by atoms with Crippen molar-refractivity contribution in [3.8, 4) is 0 Å². The molecule has 5 heteroatoms. The Morgan fingerprint density at radius 3 is 2.44 bits per heavy atom. The van der Waals surface area contributed by atoms with E-state index in [1.807, 2.05) is 6.92 Å². The second kappa shape index (κ2) is 5.54. The van der Waals surface area contributed by atoms with E-state index in [1.54, 1.807) is 6.07 Å². The average Bonchev–Trinajstić information content (AvgIpc) is 2.72. The SMILES string of the molecule is CCN1CCN(Cc2cc(C(=O)O)oc2C)CC1. The minimum absolute atomic E-state index is 0.0368. The third kappa shape index (κ3) is 2.91. The summed E-state index contributed by atoms with van der Waals surface area (Å²) in [5, 5.41) is 8.88. The van der Waals surface area contributed by atoms with Crippen LogP contribution in [0, 0.1) is 6.92 Å². The van der Waals surface area contributed by atoms with E-state index < -0.39 is 5.97 Å². The molecule has 18 heavy (non-hydrogen) atoms. The first-order chi connectivity index (χ1) is 8.60. The van der Waals surface area contributed by atoms with Crippen molar-refractivity contribution in [2.75, 3.05) is 32.7 Å². The number of carboxylic acids is 1. The molecule has 0 atom stereocenters. The molecule has 0 amide bonds. The third-order valence-electron chi connectivity index (χ3n) is 3.54. The largest absolute Gasteiger partial charge is 0.475 e. The molecule has 0 aromatic carbocycles. The number of aryl methyl sites for hydroxylation is 1. The number of nitrogens with zero attached hydrogens (tertiary/aromatic N) is 2. The number of hydrogen-bond donors (Lipinski definition) is 1. The standard InChI is InChI=1S/C13H20N2O3/c1-3-14-4-6-15(7-5-14)9-11-8-12(13(16)17)18-10(11)2/h8H,3-7,9H2,1-2H3,(H,16,17). The van der Waals surface area contributed by atoms with Gasteiger partial charge in [0, 0.05) is 38.3 Å². The lowest BCUT2D eigenvalue weighted by Gasteiger charge is -2.33. The zero-order chi connectivity index (χ0) is 13.1. The molecule has 5 nitrogen and oxygen atoms in total. The van der Waals surface area contributed by atoms with Crippen molar-refractivity contribution in [2.45, 2.75) is 20.4 Å². The van der Waals surface area contributed by atoms with Crippen LogP contribution in [-0.4, -0.2) is 53.6 Å². The van der Waals surface area contributed by atoms with Crippen molar-refractivity contribution in [3.05, 3.63) is 23.2 Å². The van der Waals surface area contributed by atoms with Crippen molar-refractivity contribution >= 4 is 5.97 Å². The molecule has 0 saturated carbocycles. The van der Waals surface area contributed by atoms with Crippen LogP contribution in [0.2, 0.25) is 0 Å². The predicted octanol–water partition coefficient (Wildman–Crippen LogP) is 1.42. The second-order valence-electron chi connectivity index (χ2n) is 4.71. The highest BCUT2D eigenvalue weighted by molar-refractivity contribution is 5.84. The van der Waals surface area contributed by atoms with Crippen LogP contribution < -0.4 is 0 Å². The molecule has 1 saturated heterocycles. The Bertz CT molecular complexity index is 420. The number of furan rings is 1. The van der Waals surface area contributed by atoms with E-state index in [2.05, 4.69) is 16.7 Å². The molecule has 1 aromatic rings. The molecule has 2 rings (SSSR count). The number of rotatable bonds is 4. The Balaban J connectivity index is 1.96. The van der Waals surface area contributed by atoms with Crippen LogP contribution in [0.15, 0.2) is 10.5 Å². The van der Waals surface area contributed by atoms with Gasteiger partial charge >= 0.3 is 5.97 Å². The number of carboxylic acid groups (broad SMARTS) is 1. The monoisotopic (exact) mass is 252 g/mol. The maximum Gasteiger partial charge on any atom is 0.371 e. The number of likely N-dealkylation sites (N-methyl/N-ethyl adjacent to an activating group) is 1. The van der Waals surface area contributed by atoms with Crippen LogP contribution in [0.25, 0.3) is 0 Å². The van der Waals surface area contributed by atoms with Gasteiger partial charge in [-0.05, 0) is 19.5 Å². The van der Waals surface area contributed by atoms with Crippen molar-refractivity contribution in [2.24, 2.45) is 0 Å². The Morgan fingerprint density at radius 2 is 1.94 bits per heavy atom. The molecule has 1 aromatic heterocycles. The molecule has 2 heterocycles. The van der Waals surface area contributed by atoms with Gasteiger partial charge in [-0.25, -0.2) is 4.79 Å². The van der Waals surface area contributed by atoms with Crippen molar-refractivity contribution < 1.29 is 14.3 Å². The highest BCUT2D eigenvalue weighted by atomic mass is 16.4. The maximum atomic E-state index is 10.8. The lowest BCUT2D eigenvalue weighted by Crippen LogP contribution is -2.45. The molecule has 1 aliphatic rings. The van der Waals surface area contributed by atoms with Gasteiger partial charge in [0.05, 0.1) is 0 Å². The van der Waals surface area contributed by atoms with Crippen molar-refractivity contribution in [1.29, 1.82) is 0 Å². The first kappa shape index (κ1) is 13.1. The molecule has 1 aliphatic heterocycles. The molecule has 100 valence electrons. The minimum atomic E-state index is -1.000. The third-order valence-corrected chi connectivity index (χ3v) is 3.54. The smallest absolute Gasteiger partial charge is 0.371 e. The fourth-order valence-electron chi connectivity index (χ4n) is 2.29. The predicted molar refractivity (Wildman–Crippen MR) is 67.8 cm³/mol. The first-order valence-electron chi connectivity index (χ1n) is 6.37. The van der Waals surface area contributed by atoms with Crippen LogP contribution in [0.3, 0.4) is 0 Å². The van der Waals surface area contributed by atoms with Gasteiger partial charge in [0.25, 0.3) is 0 Å². The Labute approximate surface area is 107 Å². The molecular formula is C13H20N2O3. The summed E-state index contributed by atoms with van der Waals surface area (Å²) in [7, 11) is 0. The quantitative estimate of drug-likeness (QED) is 0.878. The molecule has 1 N–H and O–H groups in total. The van der Waals surface area contributed by atoms with E-state index in [9.17, 15) is 4.79 Å². The van der Waals surface area contributed by atoms with E-state index >= 15 is 0 Å². The Kier molecular flexibility index (Phi) is 4.04. The lowest BCUT2D eigenvalue weighted by atomic mass is 10.2. The molecule has 0 spiro atoms. The van der Waals surface area contributed by atoms with E-state index in [1.165, 1.54) is 0 Å². The number of hydrogen-bond acceptors (Lipinski definition) is 4. The summed E-state index contributed by atoms with van der Waals surface area (Å²) < 4.78 is 5.22. The highest BCUT2D eigenvalue weighted by Crippen LogP contribution is 2.17. The lowest BCUT2D eigenvalue weighted by molar-refractivity contribution is 0.0661. The van der Waals surface area contributed by atoms with Crippen LogP contribution in [0.5, 0.6) is 0 Å². The van der Waals surface area contributed by atoms with Gasteiger partial charge in [-0.3, -0.25) is 4.90 Å². The summed E-state index contributed by atoms with van der Waals surface area (Å²) in [6.07, 6.45) is 0. The zero-order valence-corrected chi connectivity index (χ0v) is 11.0. The molecular weight excluding hydrogens is 232 g/mol. The van der Waals surface area contributed by atoms with Gasteiger partial charge in [-0.15, -0.1) is 0 Å². The second-order valence-corrected chi connectivity index (χ2v) is 4.71. The maximum absolute atomic E-state index is 10.8. The van der Waals surface area contributed by atoms with Crippen LogP contribution in [0.4, 0.5) is 0 Å². The van der Waals surface area contributed by atoms with Gasteiger partial charge in [-0.1, -0.05) is 6.92 Å². The number of carbonyl (C=O) groups is 1. The Morgan fingerprint density at radius 1 is 1.33 bits per heavy atom. The van der Waals surface area contributed by atoms with Crippen molar-refractivity contribution in [1.82, 2.24) is 9.80 Å².